The van der Waals surface area contributed by atoms with Gasteiger partial charge in [0.25, 0.3) is 0 Å². The molecule has 0 radical (unpaired) electrons. The third-order valence-corrected chi connectivity index (χ3v) is 2.11. The molecule has 2 nitrogen and oxygen atoms in total. The van der Waals surface area contributed by atoms with Crippen molar-refractivity contribution in [3.63, 3.8) is 0 Å². The first-order valence-corrected chi connectivity index (χ1v) is 3.60. The maximum absolute atomic E-state index is 12.4. The second kappa shape index (κ2) is 2.88. The molecule has 0 aliphatic heterocycles. The summed E-state index contributed by atoms with van der Waals surface area (Å²) in [7, 11) is 0. The van der Waals surface area contributed by atoms with E-state index < -0.39 is 6.17 Å². The summed E-state index contributed by atoms with van der Waals surface area (Å²) in [6.07, 6.45) is 0.987. The predicted octanol–water partition coefficient (Wildman–Crippen LogP) is 1.99. The molecular formula is C6H6FNOS. The minimum atomic E-state index is -1.02. The highest BCUT2D eigenvalue weighted by Crippen LogP contribution is 2.21. The zero-order chi connectivity index (χ0) is 7.56. The molecule has 0 aliphatic carbocycles. The molecule has 0 amide bonds. The van der Waals surface area contributed by atoms with E-state index in [0.29, 0.717) is 16.2 Å². The number of hydrogen-bond donors (Lipinski definition) is 0. The Morgan fingerprint density at radius 1 is 1.90 bits per heavy atom. The fourth-order valence-electron chi connectivity index (χ4n) is 0.539. The highest BCUT2D eigenvalue weighted by Gasteiger charge is 2.06. The average molecular weight is 159 g/mol. The van der Waals surface area contributed by atoms with Crippen molar-refractivity contribution >= 4 is 17.6 Å². The van der Waals surface area contributed by atoms with Crippen molar-refractivity contribution in [2.24, 2.45) is 0 Å². The van der Waals surface area contributed by atoms with Crippen LogP contribution >= 0.6 is 11.3 Å². The third-order valence-electron chi connectivity index (χ3n) is 1.03. The van der Waals surface area contributed by atoms with Crippen LogP contribution in [0.2, 0.25) is 0 Å². The Morgan fingerprint density at radius 3 is 2.90 bits per heavy atom. The molecule has 0 aliphatic rings. The highest BCUT2D eigenvalue weighted by molar-refractivity contribution is 7.13. The first-order valence-electron chi connectivity index (χ1n) is 2.79. The summed E-state index contributed by atoms with van der Waals surface area (Å²) in [4.78, 5) is 14.2. The number of carbonyl (C=O) groups is 1. The van der Waals surface area contributed by atoms with Crippen LogP contribution < -0.4 is 0 Å². The number of aldehydes is 1. The third kappa shape index (κ3) is 1.39. The summed E-state index contributed by atoms with van der Waals surface area (Å²) in [5.41, 5.74) is 0. The molecule has 1 atom stereocenters. The molecule has 0 saturated carbocycles. The van der Waals surface area contributed by atoms with Crippen LogP contribution in [0.5, 0.6) is 0 Å². The lowest BCUT2D eigenvalue weighted by Crippen LogP contribution is -1.75. The van der Waals surface area contributed by atoms with Gasteiger partial charge in [-0.25, -0.2) is 9.37 Å². The van der Waals surface area contributed by atoms with Crippen molar-refractivity contribution in [3.05, 3.63) is 16.1 Å². The number of thiazole rings is 1. The maximum Gasteiger partial charge on any atom is 0.178 e. The Bertz CT molecular complexity index is 233. The van der Waals surface area contributed by atoms with E-state index in [4.69, 9.17) is 0 Å². The molecule has 1 heterocycles. The van der Waals surface area contributed by atoms with E-state index in [-0.39, 0.29) is 0 Å². The van der Waals surface area contributed by atoms with E-state index in [2.05, 4.69) is 4.98 Å². The minimum Gasteiger partial charge on any atom is -0.295 e. The number of rotatable bonds is 2. The van der Waals surface area contributed by atoms with Gasteiger partial charge in [-0.05, 0) is 6.92 Å². The molecule has 0 fully saturated rings. The lowest BCUT2D eigenvalue weighted by molar-refractivity contribution is 0.112. The van der Waals surface area contributed by atoms with Gasteiger partial charge in [-0.15, -0.1) is 11.3 Å². The summed E-state index contributed by atoms with van der Waals surface area (Å²) in [5.74, 6) is 0. The molecular weight excluding hydrogens is 153 g/mol. The lowest BCUT2D eigenvalue weighted by Gasteiger charge is -1.90. The van der Waals surface area contributed by atoms with E-state index in [1.54, 1.807) is 0 Å². The van der Waals surface area contributed by atoms with Crippen LogP contribution in [0.1, 0.15) is 27.8 Å². The Kier molecular flexibility index (Phi) is 2.11. The van der Waals surface area contributed by atoms with Crippen LogP contribution in [-0.2, 0) is 0 Å². The Balaban J connectivity index is 2.88. The van der Waals surface area contributed by atoms with E-state index in [9.17, 15) is 9.18 Å². The Labute approximate surface area is 61.7 Å². The normalized spacial score (nSPS) is 13.0. The lowest BCUT2D eigenvalue weighted by atomic mass is 10.4. The van der Waals surface area contributed by atoms with Crippen molar-refractivity contribution in [2.45, 2.75) is 13.1 Å². The monoisotopic (exact) mass is 159 g/mol. The molecule has 1 rings (SSSR count). The maximum atomic E-state index is 12.4. The Morgan fingerprint density at radius 2 is 2.60 bits per heavy atom. The molecule has 0 N–H and O–H groups in total. The first kappa shape index (κ1) is 7.34. The molecule has 0 spiro atoms. The highest BCUT2D eigenvalue weighted by atomic mass is 32.1. The molecule has 1 unspecified atom stereocenters. The number of halogens is 1. The smallest absolute Gasteiger partial charge is 0.178 e. The number of alkyl halides is 1. The molecule has 0 aromatic carbocycles. The molecule has 0 bridgehead atoms. The van der Waals surface area contributed by atoms with Crippen LogP contribution in [0.3, 0.4) is 0 Å². The van der Waals surface area contributed by atoms with Crippen molar-refractivity contribution < 1.29 is 9.18 Å². The van der Waals surface area contributed by atoms with Crippen molar-refractivity contribution in [2.75, 3.05) is 0 Å². The quantitative estimate of drug-likeness (QED) is 0.617. The van der Waals surface area contributed by atoms with Gasteiger partial charge in [0.1, 0.15) is 6.17 Å². The fraction of sp³-hybridized carbons (Fsp3) is 0.333. The van der Waals surface area contributed by atoms with Gasteiger partial charge < -0.3 is 0 Å². The second-order valence-corrected chi connectivity index (χ2v) is 2.93. The van der Waals surface area contributed by atoms with Gasteiger partial charge in [0.15, 0.2) is 11.3 Å². The SMILES string of the molecule is CC(F)c1cnc(C=O)s1. The van der Waals surface area contributed by atoms with Gasteiger partial charge in [-0.1, -0.05) is 0 Å². The topological polar surface area (TPSA) is 30.0 Å². The van der Waals surface area contributed by atoms with E-state index in [1.807, 2.05) is 0 Å². The van der Waals surface area contributed by atoms with Crippen LogP contribution in [0.25, 0.3) is 0 Å². The summed E-state index contributed by atoms with van der Waals surface area (Å²) in [6.45, 7) is 1.42. The van der Waals surface area contributed by atoms with Crippen molar-refractivity contribution in [1.29, 1.82) is 0 Å². The second-order valence-electron chi connectivity index (χ2n) is 1.83. The van der Waals surface area contributed by atoms with Gasteiger partial charge in [-0.3, -0.25) is 4.79 Å². The molecule has 10 heavy (non-hydrogen) atoms. The molecule has 1 aromatic heterocycles. The van der Waals surface area contributed by atoms with Crippen LogP contribution in [0, 0.1) is 0 Å². The van der Waals surface area contributed by atoms with E-state index in [1.165, 1.54) is 13.1 Å². The van der Waals surface area contributed by atoms with E-state index >= 15 is 0 Å². The molecule has 54 valence electrons. The first-order chi connectivity index (χ1) is 4.74. The van der Waals surface area contributed by atoms with Gasteiger partial charge in [0.2, 0.25) is 0 Å². The standard InChI is InChI=1S/C6H6FNOS/c1-4(7)5-2-8-6(3-9)10-5/h2-4H,1H3. The summed E-state index contributed by atoms with van der Waals surface area (Å²) in [6, 6.07) is 0. The number of nitrogens with zero attached hydrogens (tertiary/aromatic N) is 1. The predicted molar refractivity (Wildman–Crippen MR) is 37.0 cm³/mol. The average Bonchev–Trinajstić information content (AvgIpc) is 2.34. The zero-order valence-electron chi connectivity index (χ0n) is 5.37. The molecule has 1 aromatic rings. The Hall–Kier alpha value is -0.770. The molecule has 4 heteroatoms. The number of hydrogen-bond acceptors (Lipinski definition) is 3. The largest absolute Gasteiger partial charge is 0.295 e. The zero-order valence-corrected chi connectivity index (χ0v) is 6.19. The summed E-state index contributed by atoms with van der Waals surface area (Å²) in [5, 5.41) is 0.333. The number of aromatic nitrogens is 1. The van der Waals surface area contributed by atoms with Crippen molar-refractivity contribution in [1.82, 2.24) is 4.98 Å². The van der Waals surface area contributed by atoms with Gasteiger partial charge >= 0.3 is 0 Å². The number of carbonyl (C=O) groups excluding carboxylic acids is 1. The van der Waals surface area contributed by atoms with Gasteiger partial charge in [0.05, 0.1) is 4.88 Å². The fourth-order valence-corrected chi connectivity index (χ4v) is 1.20. The summed E-state index contributed by atoms with van der Waals surface area (Å²) >= 11 is 1.09. The van der Waals surface area contributed by atoms with Crippen molar-refractivity contribution in [3.8, 4) is 0 Å². The minimum absolute atomic E-state index is 0.333. The van der Waals surface area contributed by atoms with Crippen LogP contribution in [0.15, 0.2) is 6.20 Å². The molecule has 0 saturated heterocycles. The summed E-state index contributed by atoms with van der Waals surface area (Å²) < 4.78 is 12.4. The van der Waals surface area contributed by atoms with E-state index in [0.717, 1.165) is 11.3 Å². The van der Waals surface area contributed by atoms with Crippen LogP contribution in [-0.4, -0.2) is 11.3 Å². The van der Waals surface area contributed by atoms with Crippen LogP contribution in [0.4, 0.5) is 4.39 Å². The van der Waals surface area contributed by atoms with Gasteiger partial charge in [-0.2, -0.15) is 0 Å². The van der Waals surface area contributed by atoms with Gasteiger partial charge in [0, 0.05) is 6.20 Å².